The highest BCUT2D eigenvalue weighted by Gasteiger charge is 2.44. The third-order valence-corrected chi connectivity index (χ3v) is 24.1. The lowest BCUT2D eigenvalue weighted by Gasteiger charge is -2.49. The van der Waals surface area contributed by atoms with Crippen molar-refractivity contribution in [1.29, 1.82) is 0 Å². The normalized spacial score (nSPS) is 13.2. The second kappa shape index (κ2) is 32.5. The van der Waals surface area contributed by atoms with Crippen LogP contribution in [-0.2, 0) is 0 Å². The molecule has 4 nitrogen and oxygen atoms in total. The maximum atomic E-state index is 9.72. The van der Waals surface area contributed by atoms with E-state index in [1.807, 2.05) is 0 Å². The molecule has 0 rings (SSSR count). The van der Waals surface area contributed by atoms with Crippen molar-refractivity contribution >= 4 is 62.7 Å². The van der Waals surface area contributed by atoms with Crippen molar-refractivity contribution < 1.29 is 37.4 Å². The van der Waals surface area contributed by atoms with Crippen LogP contribution >= 0.6 is 31.7 Å². The van der Waals surface area contributed by atoms with Gasteiger partial charge in [-0.2, -0.15) is 0 Å². The molecule has 0 fully saturated rings. The van der Waals surface area contributed by atoms with Gasteiger partial charge in [-0.3, -0.25) is 17.3 Å². The molecule has 0 atom stereocenters. The summed E-state index contributed by atoms with van der Waals surface area (Å²) in [5.41, 5.74) is 0. The number of rotatable bonds is 0. The predicted molar refractivity (Wildman–Crippen MR) is 301 cm³/mol. The summed E-state index contributed by atoms with van der Waals surface area (Å²) in [7, 11) is -1.94. The Kier molecular flexibility index (Phi) is 41.9. The van der Waals surface area contributed by atoms with Gasteiger partial charge >= 0.3 is 31.0 Å². The van der Waals surface area contributed by atoms with Gasteiger partial charge in [0.25, 0.3) is 0 Å². The van der Waals surface area contributed by atoms with Crippen LogP contribution in [0.4, 0.5) is 17.3 Å². The van der Waals surface area contributed by atoms with Crippen molar-refractivity contribution in [1.82, 2.24) is 0 Å². The SMILES string of the molecule is CC(C)(C)P(C(C)(C)C)C(C)(C)C.CC(C)(C)P(C(C)(C)C)C(C)(C)C.CC(C)(C)P(C(C)(C)C)C(C)(C)C.CC(C)(C)P(C(C)(C)C)C(C)(C)C.O[B]F.O[B]F.O[B]F.O[B]F. The maximum Gasteiger partial charge on any atom is 0.532 e. The first-order valence-corrected chi connectivity index (χ1v) is 28.0. The minimum atomic E-state index is -0.500. The van der Waals surface area contributed by atoms with Crippen molar-refractivity contribution in [3.63, 3.8) is 0 Å². The molecular weight excluding hydrogens is 884 g/mol. The van der Waals surface area contributed by atoms with Crippen LogP contribution in [0, 0.1) is 0 Å². The fourth-order valence-electron chi connectivity index (χ4n) is 12.1. The zero-order valence-electron chi connectivity index (χ0n) is 49.4. The quantitative estimate of drug-likeness (QED) is 0.111. The van der Waals surface area contributed by atoms with Gasteiger partial charge in [-0.1, -0.05) is 281 Å². The first-order valence-electron chi connectivity index (χ1n) is 22.6. The van der Waals surface area contributed by atoms with E-state index in [0.29, 0.717) is 61.9 Å². The molecule has 0 saturated carbocycles. The van der Waals surface area contributed by atoms with Gasteiger partial charge in [0, 0.05) is 0 Å². The standard InChI is InChI=1S/4C12H27P.4BFHO/c4*1-10(2,3)13(11(4,5)6)12(7,8)9;4*2-1-3/h4*1-9H3;4*3H. The molecule has 0 saturated heterocycles. The predicted octanol–water partition coefficient (Wildman–Crippen LogP) is 17.4. The fraction of sp³-hybridized carbons (Fsp3) is 1.00. The lowest BCUT2D eigenvalue weighted by molar-refractivity contribution is 0.535. The second-order valence-electron chi connectivity index (χ2n) is 27.8. The van der Waals surface area contributed by atoms with Gasteiger partial charge in [0.1, 0.15) is 0 Å². The monoisotopic (exact) mass is 997 g/mol. The van der Waals surface area contributed by atoms with Crippen molar-refractivity contribution in [3.8, 4) is 0 Å². The van der Waals surface area contributed by atoms with E-state index in [-0.39, 0.29) is 31.7 Å². The lowest BCUT2D eigenvalue weighted by atomic mass is 10.2. The summed E-state index contributed by atoms with van der Waals surface area (Å²) >= 11 is 0. The van der Waals surface area contributed by atoms with Crippen LogP contribution in [0.3, 0.4) is 0 Å². The molecule has 0 amide bonds. The molecule has 0 aromatic rings. The minimum absolute atomic E-state index is 0.0162. The topological polar surface area (TPSA) is 80.9 Å². The fourth-order valence-corrected chi connectivity index (χ4v) is 36.2. The van der Waals surface area contributed by atoms with Crippen LogP contribution in [0.2, 0.25) is 0 Å². The zero-order chi connectivity index (χ0) is 55.1. The lowest BCUT2D eigenvalue weighted by Crippen LogP contribution is -2.34. The third-order valence-electron chi connectivity index (χ3n) is 8.05. The Morgan fingerprint density at radius 2 is 0.219 bits per heavy atom. The molecular formula is C48H112B4F4O4P4. The van der Waals surface area contributed by atoms with E-state index in [1.165, 1.54) is 0 Å². The third kappa shape index (κ3) is 46.0. The molecule has 0 aliphatic carbocycles. The summed E-state index contributed by atoms with van der Waals surface area (Å²) in [6.07, 6.45) is 0. The van der Waals surface area contributed by atoms with Crippen molar-refractivity contribution in [2.24, 2.45) is 0 Å². The Labute approximate surface area is 409 Å². The smallest absolute Gasteiger partial charge is 0.426 e. The van der Waals surface area contributed by atoms with Crippen LogP contribution < -0.4 is 0 Å². The highest BCUT2D eigenvalue weighted by molar-refractivity contribution is 7.63. The highest BCUT2D eigenvalue weighted by atomic mass is 31.1. The molecule has 0 unspecified atom stereocenters. The Morgan fingerprint density at radius 3 is 0.219 bits per heavy atom. The largest absolute Gasteiger partial charge is 0.532 e. The van der Waals surface area contributed by atoms with Crippen LogP contribution in [0.5, 0.6) is 0 Å². The average molecular weight is 997 g/mol. The van der Waals surface area contributed by atoms with E-state index in [4.69, 9.17) is 20.1 Å². The van der Waals surface area contributed by atoms with E-state index >= 15 is 0 Å². The summed E-state index contributed by atoms with van der Waals surface area (Å²) in [5, 5.41) is 32.5. The van der Waals surface area contributed by atoms with Gasteiger partial charge in [-0.15, -0.1) is 0 Å². The van der Waals surface area contributed by atoms with Gasteiger partial charge in [0.2, 0.25) is 0 Å². The van der Waals surface area contributed by atoms with Crippen LogP contribution in [-0.4, -0.2) is 113 Å². The van der Waals surface area contributed by atoms with Crippen LogP contribution in [0.15, 0.2) is 0 Å². The van der Waals surface area contributed by atoms with E-state index in [2.05, 4.69) is 249 Å². The molecule has 64 heavy (non-hydrogen) atoms. The summed E-state index contributed by atoms with van der Waals surface area (Å²) < 4.78 is 38.9. The molecule has 0 bridgehead atoms. The van der Waals surface area contributed by atoms with Gasteiger partial charge in [0.05, 0.1) is 0 Å². The molecule has 0 heterocycles. The molecule has 0 aliphatic heterocycles. The summed E-state index contributed by atoms with van der Waals surface area (Å²) in [6.45, 7) is 85.8. The molecule has 4 radical (unpaired) electrons. The van der Waals surface area contributed by atoms with Crippen LogP contribution in [0.25, 0.3) is 0 Å². The zero-order valence-corrected chi connectivity index (χ0v) is 53.0. The van der Waals surface area contributed by atoms with Crippen molar-refractivity contribution in [3.05, 3.63) is 0 Å². The Morgan fingerprint density at radius 1 is 0.188 bits per heavy atom. The van der Waals surface area contributed by atoms with Crippen LogP contribution in [0.1, 0.15) is 249 Å². The van der Waals surface area contributed by atoms with Crippen molar-refractivity contribution in [2.75, 3.05) is 0 Å². The summed E-state index contributed by atoms with van der Waals surface area (Å²) in [5.74, 6) is 0. The number of halogens is 4. The summed E-state index contributed by atoms with van der Waals surface area (Å²) in [4.78, 5) is 0. The average Bonchev–Trinajstić information content (AvgIpc) is 2.80. The van der Waals surface area contributed by atoms with E-state index in [1.54, 1.807) is 0 Å². The van der Waals surface area contributed by atoms with Crippen molar-refractivity contribution in [2.45, 2.75) is 311 Å². The number of hydrogen-bond acceptors (Lipinski definition) is 4. The number of hydrogen-bond donors (Lipinski definition) is 4. The van der Waals surface area contributed by atoms with E-state index in [9.17, 15) is 17.3 Å². The second-order valence-corrected chi connectivity index (χ2v) is 46.6. The minimum Gasteiger partial charge on any atom is -0.426 e. The van der Waals surface area contributed by atoms with Gasteiger partial charge in [-0.25, -0.2) is 0 Å². The molecule has 388 valence electrons. The molecule has 0 spiro atoms. The molecule has 4 N–H and O–H groups in total. The maximum absolute atomic E-state index is 9.72. The first kappa shape index (κ1) is 82.5. The Bertz CT molecular complexity index is 798. The van der Waals surface area contributed by atoms with Gasteiger partial charge < -0.3 is 20.1 Å². The highest BCUT2D eigenvalue weighted by Crippen LogP contribution is 2.69. The van der Waals surface area contributed by atoms with Gasteiger partial charge in [-0.05, 0) is 61.9 Å². The molecule has 0 aliphatic rings. The molecule has 0 aromatic carbocycles. The Balaban J connectivity index is -0.000000100. The van der Waals surface area contributed by atoms with Gasteiger partial charge in [0.15, 0.2) is 0 Å². The Hall–Kier alpha value is 1.54. The van der Waals surface area contributed by atoms with E-state index < -0.39 is 31.0 Å². The first-order chi connectivity index (χ1) is 27.1. The molecule has 0 aromatic heterocycles. The van der Waals surface area contributed by atoms with E-state index in [0.717, 1.165) is 0 Å². The molecule has 16 heteroatoms. The summed E-state index contributed by atoms with van der Waals surface area (Å²) in [6, 6.07) is 0.